The van der Waals surface area contributed by atoms with Gasteiger partial charge >= 0.3 is 5.95 Å². The summed E-state index contributed by atoms with van der Waals surface area (Å²) >= 11 is 0. The number of nitrogens with zero attached hydrogens (tertiary/aromatic N) is 11. The average molecular weight is 613 g/mol. The van der Waals surface area contributed by atoms with Gasteiger partial charge in [-0.1, -0.05) is 4.98 Å². The molecule has 0 atom stereocenters. The fourth-order valence-electron chi connectivity index (χ4n) is 5.79. The zero-order valence-electron chi connectivity index (χ0n) is 24.7. The molecule has 0 spiro atoms. The Hall–Kier alpha value is -5.25. The summed E-state index contributed by atoms with van der Waals surface area (Å²) in [6, 6.07) is 6.03. The molecule has 1 saturated heterocycles. The van der Waals surface area contributed by atoms with E-state index in [1.54, 1.807) is 36.4 Å². The Kier molecular flexibility index (Phi) is 7.85. The molecule has 232 valence electrons. The number of fused-ring (bicyclic) bond motifs is 1. The minimum absolute atomic E-state index is 0.0108. The molecule has 0 aromatic carbocycles. The predicted octanol–water partition coefficient (Wildman–Crippen LogP) is 3.01. The van der Waals surface area contributed by atoms with Crippen LogP contribution in [-0.2, 0) is 18.3 Å². The summed E-state index contributed by atoms with van der Waals surface area (Å²) in [6.45, 7) is 3.00. The van der Waals surface area contributed by atoms with Crippen LogP contribution < -0.4 is 15.0 Å². The van der Waals surface area contributed by atoms with Crippen molar-refractivity contribution in [3.63, 3.8) is 0 Å². The van der Waals surface area contributed by atoms with Crippen LogP contribution in [0.3, 0.4) is 0 Å². The van der Waals surface area contributed by atoms with Crippen molar-refractivity contribution in [3.8, 4) is 17.3 Å². The van der Waals surface area contributed by atoms with E-state index in [1.807, 2.05) is 12.1 Å². The molecule has 1 saturated carbocycles. The van der Waals surface area contributed by atoms with Crippen LogP contribution in [0.4, 0.5) is 17.7 Å². The maximum Gasteiger partial charge on any atom is 0.434 e. The van der Waals surface area contributed by atoms with Crippen molar-refractivity contribution in [1.29, 1.82) is 0 Å². The van der Waals surface area contributed by atoms with Crippen molar-refractivity contribution < 1.29 is 14.4 Å². The average Bonchev–Trinajstić information content (AvgIpc) is 3.69. The third-order valence-corrected chi connectivity index (χ3v) is 8.23. The molecule has 16 heteroatoms. The first-order valence-electron chi connectivity index (χ1n) is 14.9. The molecule has 1 N–H and O–H groups in total. The molecular formula is C29H32N12O4. The number of nitrogens with one attached hydrogen (secondary N) is 1. The number of aromatic nitrogens is 9. The van der Waals surface area contributed by atoms with Crippen LogP contribution in [0, 0.1) is 10.1 Å². The maximum absolute atomic E-state index is 11.3. The zero-order chi connectivity index (χ0) is 30.8. The Morgan fingerprint density at radius 1 is 1.04 bits per heavy atom. The van der Waals surface area contributed by atoms with Crippen LogP contribution in [0.25, 0.3) is 22.3 Å². The number of morpholine rings is 1. The molecule has 5 aromatic heterocycles. The number of hydrogen-bond donors (Lipinski definition) is 1. The number of hydrogen-bond acceptors (Lipinski definition) is 13. The highest BCUT2D eigenvalue weighted by Gasteiger charge is 2.26. The standard InChI is InChI=1S/C29H32N12O4/c1-38-21(16-33-29(38)41(42)43)17-40-26(34-18-35-40)19-13-23-24(32-15-19)14-25(39-9-11-44-12-10-39)37-27(23)45-22-5-3-20(4-6-22)36-28-30-7-2-8-31-28/h2,7-8,13-16,18,20,22H,3-6,9-12,17H2,1H3,(H,30,31,36). The van der Waals surface area contributed by atoms with Crippen molar-refractivity contribution in [1.82, 2.24) is 44.3 Å². The van der Waals surface area contributed by atoms with Crippen LogP contribution in [0.2, 0.25) is 0 Å². The Bertz CT molecular complexity index is 1800. The molecule has 0 bridgehead atoms. The van der Waals surface area contributed by atoms with Gasteiger partial charge in [-0.05, 0) is 42.7 Å². The molecule has 2 fully saturated rings. The Labute approximate surface area is 257 Å². The topological polar surface area (TPSA) is 177 Å². The molecule has 6 heterocycles. The van der Waals surface area contributed by atoms with Gasteiger partial charge in [0, 0.05) is 49.4 Å². The van der Waals surface area contributed by atoms with E-state index in [1.165, 1.54) is 17.1 Å². The summed E-state index contributed by atoms with van der Waals surface area (Å²) in [6.07, 6.45) is 11.7. The molecule has 1 aliphatic heterocycles. The van der Waals surface area contributed by atoms with Gasteiger partial charge in [0.05, 0.1) is 31.2 Å². The van der Waals surface area contributed by atoms with Gasteiger partial charge in [0.25, 0.3) is 0 Å². The number of pyridine rings is 2. The largest absolute Gasteiger partial charge is 0.474 e. The monoisotopic (exact) mass is 612 g/mol. The Morgan fingerprint density at radius 3 is 2.60 bits per heavy atom. The van der Waals surface area contributed by atoms with Crippen LogP contribution in [0.15, 0.2) is 49.3 Å². The van der Waals surface area contributed by atoms with E-state index in [9.17, 15) is 10.1 Å². The summed E-state index contributed by atoms with van der Waals surface area (Å²) < 4.78 is 15.3. The second-order valence-corrected chi connectivity index (χ2v) is 11.1. The Morgan fingerprint density at radius 2 is 1.84 bits per heavy atom. The predicted molar refractivity (Wildman–Crippen MR) is 163 cm³/mol. The molecule has 5 aromatic rings. The van der Waals surface area contributed by atoms with Gasteiger partial charge in [0.15, 0.2) is 5.82 Å². The smallest absolute Gasteiger partial charge is 0.434 e. The third kappa shape index (κ3) is 6.08. The van der Waals surface area contributed by atoms with Crippen LogP contribution in [0.1, 0.15) is 31.4 Å². The van der Waals surface area contributed by atoms with Gasteiger partial charge in [0.2, 0.25) is 11.8 Å². The summed E-state index contributed by atoms with van der Waals surface area (Å²) in [5, 5.41) is 19.9. The lowest BCUT2D eigenvalue weighted by atomic mass is 9.93. The fraction of sp³-hybridized carbons (Fsp3) is 0.414. The quantitative estimate of drug-likeness (QED) is 0.190. The Balaban J connectivity index is 1.16. The highest BCUT2D eigenvalue weighted by Crippen LogP contribution is 2.33. The van der Waals surface area contributed by atoms with Crippen LogP contribution in [0.5, 0.6) is 5.88 Å². The summed E-state index contributed by atoms with van der Waals surface area (Å²) in [5.74, 6) is 2.30. The van der Waals surface area contributed by atoms with E-state index in [4.69, 9.17) is 19.4 Å². The maximum atomic E-state index is 11.3. The van der Waals surface area contributed by atoms with Crippen molar-refractivity contribution in [2.45, 2.75) is 44.4 Å². The molecule has 16 nitrogen and oxygen atoms in total. The van der Waals surface area contributed by atoms with Crippen LogP contribution in [-0.4, -0.2) is 87.6 Å². The molecular weight excluding hydrogens is 580 g/mol. The first-order chi connectivity index (χ1) is 22.0. The van der Waals surface area contributed by atoms with E-state index >= 15 is 0 Å². The van der Waals surface area contributed by atoms with Gasteiger partial charge in [-0.2, -0.15) is 10.1 Å². The minimum Gasteiger partial charge on any atom is -0.474 e. The van der Waals surface area contributed by atoms with Crippen molar-refractivity contribution >= 4 is 28.6 Å². The fourth-order valence-corrected chi connectivity index (χ4v) is 5.79. The molecule has 0 radical (unpaired) electrons. The van der Waals surface area contributed by atoms with Gasteiger partial charge in [0.1, 0.15) is 36.7 Å². The normalized spacial score (nSPS) is 18.6. The zero-order valence-corrected chi connectivity index (χ0v) is 24.7. The molecule has 1 aliphatic carbocycles. The first kappa shape index (κ1) is 28.5. The summed E-state index contributed by atoms with van der Waals surface area (Å²) in [5.41, 5.74) is 2.10. The van der Waals surface area contributed by atoms with E-state index in [2.05, 4.69) is 35.3 Å². The number of anilines is 2. The second kappa shape index (κ2) is 12.4. The summed E-state index contributed by atoms with van der Waals surface area (Å²) in [4.78, 5) is 39.8. The van der Waals surface area contributed by atoms with Gasteiger partial charge in [-0.3, -0.25) is 4.98 Å². The third-order valence-electron chi connectivity index (χ3n) is 8.23. The van der Waals surface area contributed by atoms with Gasteiger partial charge in [-0.15, -0.1) is 0 Å². The number of imidazole rings is 1. The lowest BCUT2D eigenvalue weighted by Crippen LogP contribution is -2.37. The lowest BCUT2D eigenvalue weighted by Gasteiger charge is -2.31. The molecule has 7 rings (SSSR count). The van der Waals surface area contributed by atoms with Crippen molar-refractivity contribution in [2.75, 3.05) is 36.5 Å². The molecule has 45 heavy (non-hydrogen) atoms. The minimum atomic E-state index is -0.514. The second-order valence-electron chi connectivity index (χ2n) is 11.1. The SMILES string of the molecule is Cn1c(Cn2ncnc2-c2cnc3cc(N4CCOCC4)nc(OC4CCC(Nc5ncccn5)CC4)c3c2)cnc1[N+](=O)[O-]. The van der Waals surface area contributed by atoms with E-state index in [0.29, 0.717) is 36.6 Å². The molecule has 0 unspecified atom stereocenters. The number of nitro groups is 1. The van der Waals surface area contributed by atoms with Crippen molar-refractivity contribution in [2.24, 2.45) is 7.05 Å². The number of ether oxygens (including phenoxy) is 2. The van der Waals surface area contributed by atoms with E-state index < -0.39 is 4.92 Å². The highest BCUT2D eigenvalue weighted by molar-refractivity contribution is 5.88. The molecule has 0 amide bonds. The highest BCUT2D eigenvalue weighted by atomic mass is 16.6. The van der Waals surface area contributed by atoms with Gasteiger partial charge in [-0.25, -0.2) is 24.2 Å². The van der Waals surface area contributed by atoms with Crippen molar-refractivity contribution in [3.05, 3.63) is 65.1 Å². The number of rotatable bonds is 9. The van der Waals surface area contributed by atoms with Gasteiger partial charge < -0.3 is 29.8 Å². The van der Waals surface area contributed by atoms with Crippen LogP contribution >= 0.6 is 0 Å². The first-order valence-corrected chi connectivity index (χ1v) is 14.9. The van der Waals surface area contributed by atoms with E-state index in [0.717, 1.165) is 61.1 Å². The lowest BCUT2D eigenvalue weighted by molar-refractivity contribution is -0.396. The van der Waals surface area contributed by atoms with E-state index in [-0.39, 0.29) is 24.6 Å². The molecule has 2 aliphatic rings. The summed E-state index contributed by atoms with van der Waals surface area (Å²) in [7, 11) is 1.61.